The fourth-order valence-corrected chi connectivity index (χ4v) is 1.25. The first-order valence-corrected chi connectivity index (χ1v) is 5.07. The minimum Gasteiger partial charge on any atom is -0.410 e. The molecule has 2 rings (SSSR count). The van der Waals surface area contributed by atoms with E-state index in [1.165, 1.54) is 6.20 Å². The second kappa shape index (κ2) is 5.07. The summed E-state index contributed by atoms with van der Waals surface area (Å²) < 4.78 is 5.06. The van der Waals surface area contributed by atoms with Crippen molar-refractivity contribution in [1.29, 1.82) is 0 Å². The van der Waals surface area contributed by atoms with Gasteiger partial charge in [0.05, 0.1) is 5.69 Å². The van der Waals surface area contributed by atoms with Gasteiger partial charge in [0.1, 0.15) is 5.75 Å². The molecule has 0 radical (unpaired) electrons. The maximum absolute atomic E-state index is 11.5. The van der Waals surface area contributed by atoms with Crippen molar-refractivity contribution in [2.45, 2.75) is 6.92 Å². The lowest BCUT2D eigenvalue weighted by Gasteiger charge is -2.06. The molecule has 0 saturated heterocycles. The van der Waals surface area contributed by atoms with Crippen molar-refractivity contribution in [2.24, 2.45) is 0 Å². The number of hydrogen-bond acceptors (Lipinski definition) is 4. The number of carbonyl (C=O) groups is 1. The molecule has 17 heavy (non-hydrogen) atoms. The van der Waals surface area contributed by atoms with E-state index in [9.17, 15) is 4.79 Å². The number of aryl methyl sites for hydroxylation is 1. The highest BCUT2D eigenvalue weighted by molar-refractivity contribution is 5.85. The number of aromatic nitrogens is 2. The molecule has 1 amide bonds. The van der Waals surface area contributed by atoms with E-state index in [2.05, 4.69) is 15.3 Å². The van der Waals surface area contributed by atoms with Crippen molar-refractivity contribution in [3.05, 3.63) is 48.4 Å². The van der Waals surface area contributed by atoms with Crippen molar-refractivity contribution in [2.75, 3.05) is 5.32 Å². The minimum absolute atomic E-state index is 0.397. The van der Waals surface area contributed by atoms with Gasteiger partial charge >= 0.3 is 6.09 Å². The average molecular weight is 229 g/mol. The van der Waals surface area contributed by atoms with Crippen LogP contribution in [0.15, 0.2) is 42.7 Å². The van der Waals surface area contributed by atoms with E-state index < -0.39 is 6.09 Å². The lowest BCUT2D eigenvalue weighted by atomic mass is 10.3. The molecule has 0 aliphatic heterocycles. The Hall–Kier alpha value is -2.43. The number of nitrogens with zero attached hydrogens (tertiary/aromatic N) is 2. The lowest BCUT2D eigenvalue weighted by molar-refractivity contribution is 0.215. The van der Waals surface area contributed by atoms with Gasteiger partial charge in [-0.05, 0) is 19.1 Å². The molecule has 0 saturated carbocycles. The highest BCUT2D eigenvalue weighted by Crippen LogP contribution is 2.11. The van der Waals surface area contributed by atoms with Crippen molar-refractivity contribution in [1.82, 2.24) is 9.97 Å². The number of amides is 1. The van der Waals surface area contributed by atoms with Gasteiger partial charge in [-0.25, -0.2) is 9.78 Å². The first kappa shape index (κ1) is 11.1. The van der Waals surface area contributed by atoms with Crippen LogP contribution in [0.1, 0.15) is 5.69 Å². The predicted octanol–water partition coefficient (Wildman–Crippen LogP) is 2.40. The van der Waals surface area contributed by atoms with Gasteiger partial charge in [0.2, 0.25) is 0 Å². The molecule has 5 heteroatoms. The normalized spacial score (nSPS) is 9.71. The second-order valence-electron chi connectivity index (χ2n) is 3.32. The number of nitrogens with one attached hydrogen (secondary N) is 1. The minimum atomic E-state index is -0.584. The number of rotatable bonds is 2. The number of anilines is 1. The molecule has 0 atom stereocenters. The molecule has 2 aromatic rings. The van der Waals surface area contributed by atoms with Crippen LogP contribution in [-0.4, -0.2) is 16.1 Å². The van der Waals surface area contributed by atoms with E-state index in [0.29, 0.717) is 17.3 Å². The summed E-state index contributed by atoms with van der Waals surface area (Å²) in [6.07, 6.45) is 2.48. The maximum atomic E-state index is 11.5. The van der Waals surface area contributed by atoms with Gasteiger partial charge in [-0.2, -0.15) is 0 Å². The molecule has 0 aliphatic rings. The summed E-state index contributed by atoms with van der Waals surface area (Å²) in [5.41, 5.74) is 0.637. The zero-order chi connectivity index (χ0) is 12.1. The van der Waals surface area contributed by atoms with E-state index in [-0.39, 0.29) is 0 Å². The Morgan fingerprint density at radius 1 is 1.18 bits per heavy atom. The van der Waals surface area contributed by atoms with Crippen LogP contribution in [0.3, 0.4) is 0 Å². The fourth-order valence-electron chi connectivity index (χ4n) is 1.25. The number of para-hydroxylation sites is 1. The fraction of sp³-hybridized carbons (Fsp3) is 0.0833. The first-order valence-electron chi connectivity index (χ1n) is 5.07. The highest BCUT2D eigenvalue weighted by Gasteiger charge is 2.07. The van der Waals surface area contributed by atoms with Crippen molar-refractivity contribution >= 4 is 11.9 Å². The van der Waals surface area contributed by atoms with Crippen LogP contribution < -0.4 is 10.1 Å². The summed E-state index contributed by atoms with van der Waals surface area (Å²) in [5.74, 6) is 0.875. The number of hydrogen-bond donors (Lipinski definition) is 1. The molecule has 0 fully saturated rings. The van der Waals surface area contributed by atoms with Gasteiger partial charge in [-0.15, -0.1) is 0 Å². The van der Waals surface area contributed by atoms with Gasteiger partial charge in [-0.1, -0.05) is 18.2 Å². The third-order valence-corrected chi connectivity index (χ3v) is 2.06. The van der Waals surface area contributed by atoms with E-state index in [1.54, 1.807) is 37.4 Å². The standard InChI is InChI=1S/C12H11N3O2/c1-9-11(14-8-7-13-9)15-12(16)17-10-5-3-2-4-6-10/h2-8H,1H3,(H,14,15,16). The van der Waals surface area contributed by atoms with Gasteiger partial charge in [0, 0.05) is 12.4 Å². The van der Waals surface area contributed by atoms with Gasteiger partial charge in [0.25, 0.3) is 0 Å². The van der Waals surface area contributed by atoms with Crippen LogP contribution in [0.5, 0.6) is 5.75 Å². The summed E-state index contributed by atoms with van der Waals surface area (Å²) in [4.78, 5) is 19.5. The zero-order valence-corrected chi connectivity index (χ0v) is 9.25. The molecule has 0 unspecified atom stereocenters. The van der Waals surface area contributed by atoms with E-state index >= 15 is 0 Å². The van der Waals surface area contributed by atoms with Crippen molar-refractivity contribution in [3.8, 4) is 5.75 Å². The molecule has 0 aliphatic carbocycles. The monoisotopic (exact) mass is 229 g/mol. The van der Waals surface area contributed by atoms with E-state index in [1.807, 2.05) is 6.07 Å². The molecule has 1 aromatic heterocycles. The van der Waals surface area contributed by atoms with Crippen LogP contribution in [0.2, 0.25) is 0 Å². The molecule has 0 bridgehead atoms. The van der Waals surface area contributed by atoms with Gasteiger partial charge in [0.15, 0.2) is 5.82 Å². The Labute approximate surface area is 98.5 Å². The molecule has 86 valence electrons. The Bertz CT molecular complexity index is 514. The summed E-state index contributed by atoms with van der Waals surface area (Å²) in [6.45, 7) is 1.76. The average Bonchev–Trinajstić information content (AvgIpc) is 2.33. The molecular formula is C12H11N3O2. The predicted molar refractivity (Wildman–Crippen MR) is 62.9 cm³/mol. The quantitative estimate of drug-likeness (QED) is 0.858. The van der Waals surface area contributed by atoms with Gasteiger partial charge in [-0.3, -0.25) is 10.3 Å². The largest absolute Gasteiger partial charge is 0.418 e. The summed E-state index contributed by atoms with van der Waals surface area (Å²) >= 11 is 0. The van der Waals surface area contributed by atoms with Crippen LogP contribution in [0.25, 0.3) is 0 Å². The number of benzene rings is 1. The summed E-state index contributed by atoms with van der Waals surface area (Å²) in [6, 6.07) is 8.82. The lowest BCUT2D eigenvalue weighted by Crippen LogP contribution is -2.18. The summed E-state index contributed by atoms with van der Waals surface area (Å²) in [7, 11) is 0. The Kier molecular flexibility index (Phi) is 3.30. The Balaban J connectivity index is 2.01. The van der Waals surface area contributed by atoms with E-state index in [0.717, 1.165) is 0 Å². The Morgan fingerprint density at radius 3 is 2.59 bits per heavy atom. The second-order valence-corrected chi connectivity index (χ2v) is 3.32. The molecule has 5 nitrogen and oxygen atoms in total. The SMILES string of the molecule is Cc1nccnc1NC(=O)Oc1ccccc1. The molecule has 1 N–H and O–H groups in total. The Morgan fingerprint density at radius 2 is 1.88 bits per heavy atom. The van der Waals surface area contributed by atoms with Crippen LogP contribution >= 0.6 is 0 Å². The van der Waals surface area contributed by atoms with Crippen LogP contribution in [-0.2, 0) is 0 Å². The third kappa shape index (κ3) is 3.01. The molecule has 1 heterocycles. The summed E-state index contributed by atoms with van der Waals surface area (Å²) in [5, 5.41) is 2.52. The van der Waals surface area contributed by atoms with Crippen molar-refractivity contribution in [3.63, 3.8) is 0 Å². The third-order valence-electron chi connectivity index (χ3n) is 2.06. The van der Waals surface area contributed by atoms with Crippen LogP contribution in [0.4, 0.5) is 10.6 Å². The smallest absolute Gasteiger partial charge is 0.410 e. The maximum Gasteiger partial charge on any atom is 0.418 e. The zero-order valence-electron chi connectivity index (χ0n) is 9.25. The van der Waals surface area contributed by atoms with Crippen LogP contribution in [0, 0.1) is 6.92 Å². The number of ether oxygens (including phenoxy) is 1. The first-order chi connectivity index (χ1) is 8.25. The van der Waals surface area contributed by atoms with Crippen molar-refractivity contribution < 1.29 is 9.53 Å². The highest BCUT2D eigenvalue weighted by atomic mass is 16.6. The topological polar surface area (TPSA) is 64.1 Å². The van der Waals surface area contributed by atoms with E-state index in [4.69, 9.17) is 4.74 Å². The van der Waals surface area contributed by atoms with Gasteiger partial charge < -0.3 is 4.74 Å². The molecular weight excluding hydrogens is 218 g/mol. The number of carbonyl (C=O) groups excluding carboxylic acids is 1. The molecule has 1 aromatic carbocycles. The molecule has 0 spiro atoms.